The standard InChI is InChI=1S/C19H17F2N3O2/c20-11-2-3-13-14(8-17(25)23-16(13)7-11)19(26)24-15-4-1-10-9-22-6-5-12(10)18(15)21/h1-4,7,14,22H,5-6,8-9H2,(H,23,25)(H,24,26). The largest absolute Gasteiger partial charge is 0.326 e. The highest BCUT2D eigenvalue weighted by atomic mass is 19.1. The number of nitrogens with one attached hydrogen (secondary N) is 3. The zero-order chi connectivity index (χ0) is 18.3. The van der Waals surface area contributed by atoms with E-state index in [-0.39, 0.29) is 23.7 Å². The maximum atomic E-state index is 14.7. The van der Waals surface area contributed by atoms with Gasteiger partial charge in [0, 0.05) is 18.7 Å². The van der Waals surface area contributed by atoms with Crippen LogP contribution in [-0.4, -0.2) is 18.4 Å². The lowest BCUT2D eigenvalue weighted by molar-refractivity contribution is -0.123. The summed E-state index contributed by atoms with van der Waals surface area (Å²) in [7, 11) is 0. The maximum absolute atomic E-state index is 14.7. The van der Waals surface area contributed by atoms with Crippen LogP contribution < -0.4 is 16.0 Å². The van der Waals surface area contributed by atoms with Crippen LogP contribution in [-0.2, 0) is 22.6 Å². The fraction of sp³-hybridized carbons (Fsp3) is 0.263. The number of benzene rings is 2. The van der Waals surface area contributed by atoms with Gasteiger partial charge in [-0.2, -0.15) is 0 Å². The van der Waals surface area contributed by atoms with Crippen molar-refractivity contribution in [1.82, 2.24) is 5.32 Å². The van der Waals surface area contributed by atoms with Crippen LogP contribution in [0.15, 0.2) is 30.3 Å². The molecular weight excluding hydrogens is 340 g/mol. The van der Waals surface area contributed by atoms with E-state index in [9.17, 15) is 18.4 Å². The van der Waals surface area contributed by atoms with Crippen LogP contribution in [0.25, 0.3) is 0 Å². The van der Waals surface area contributed by atoms with Crippen LogP contribution in [0.1, 0.15) is 29.0 Å². The Hall–Kier alpha value is -2.80. The zero-order valence-electron chi connectivity index (χ0n) is 13.9. The molecule has 0 spiro atoms. The molecule has 0 saturated heterocycles. The van der Waals surface area contributed by atoms with E-state index in [1.807, 2.05) is 0 Å². The summed E-state index contributed by atoms with van der Waals surface area (Å²) in [5.74, 6) is -2.59. The number of amides is 2. The van der Waals surface area contributed by atoms with Crippen molar-refractivity contribution in [1.29, 1.82) is 0 Å². The Morgan fingerprint density at radius 1 is 1.19 bits per heavy atom. The van der Waals surface area contributed by atoms with Gasteiger partial charge in [-0.1, -0.05) is 12.1 Å². The third-order valence-electron chi connectivity index (χ3n) is 4.84. The molecule has 1 unspecified atom stereocenters. The molecule has 0 saturated carbocycles. The quantitative estimate of drug-likeness (QED) is 0.774. The van der Waals surface area contributed by atoms with E-state index in [4.69, 9.17) is 0 Å². The fourth-order valence-corrected chi connectivity index (χ4v) is 3.52. The van der Waals surface area contributed by atoms with Crippen LogP contribution in [0.4, 0.5) is 20.2 Å². The lowest BCUT2D eigenvalue weighted by Crippen LogP contribution is -2.31. The lowest BCUT2D eigenvalue weighted by Gasteiger charge is -2.25. The molecule has 5 nitrogen and oxygen atoms in total. The molecule has 134 valence electrons. The van der Waals surface area contributed by atoms with Gasteiger partial charge in [0.15, 0.2) is 0 Å². The van der Waals surface area contributed by atoms with Crippen LogP contribution in [0.3, 0.4) is 0 Å². The number of carbonyl (C=O) groups excluding carboxylic acids is 2. The number of halogens is 2. The van der Waals surface area contributed by atoms with Crippen molar-refractivity contribution >= 4 is 23.2 Å². The van der Waals surface area contributed by atoms with Crippen molar-refractivity contribution in [3.05, 3.63) is 58.7 Å². The lowest BCUT2D eigenvalue weighted by atomic mass is 9.89. The number of hydrogen-bond acceptors (Lipinski definition) is 3. The molecule has 2 aliphatic heterocycles. The summed E-state index contributed by atoms with van der Waals surface area (Å²) < 4.78 is 28.1. The third kappa shape index (κ3) is 2.94. The Morgan fingerprint density at radius 2 is 2.04 bits per heavy atom. The Bertz CT molecular complexity index is 914. The Morgan fingerprint density at radius 3 is 2.88 bits per heavy atom. The molecule has 2 aromatic rings. The van der Waals surface area contributed by atoms with E-state index in [0.29, 0.717) is 30.6 Å². The first-order valence-corrected chi connectivity index (χ1v) is 8.44. The minimum absolute atomic E-state index is 0.0685. The summed E-state index contributed by atoms with van der Waals surface area (Å²) in [5, 5.41) is 8.33. The third-order valence-corrected chi connectivity index (χ3v) is 4.84. The van der Waals surface area contributed by atoms with E-state index in [0.717, 1.165) is 5.56 Å². The SMILES string of the molecule is O=C1CC(C(=O)Nc2ccc3c(c2F)CCNC3)c2ccc(F)cc2N1. The van der Waals surface area contributed by atoms with Gasteiger partial charge in [-0.25, -0.2) is 8.78 Å². The Balaban J connectivity index is 1.62. The second-order valence-corrected chi connectivity index (χ2v) is 6.52. The minimum Gasteiger partial charge on any atom is -0.326 e. The van der Waals surface area contributed by atoms with E-state index in [2.05, 4.69) is 16.0 Å². The normalized spacial score (nSPS) is 18.5. The van der Waals surface area contributed by atoms with Crippen LogP contribution >= 0.6 is 0 Å². The van der Waals surface area contributed by atoms with Crippen molar-refractivity contribution in [2.24, 2.45) is 0 Å². The summed E-state index contributed by atoms with van der Waals surface area (Å²) >= 11 is 0. The molecule has 7 heteroatoms. The van der Waals surface area contributed by atoms with Crippen molar-refractivity contribution in [2.75, 3.05) is 17.2 Å². The van der Waals surface area contributed by atoms with Gasteiger partial charge in [-0.3, -0.25) is 9.59 Å². The summed E-state index contributed by atoms with van der Waals surface area (Å²) in [5.41, 5.74) is 2.38. The molecule has 0 fully saturated rings. The van der Waals surface area contributed by atoms with Gasteiger partial charge >= 0.3 is 0 Å². The van der Waals surface area contributed by atoms with Crippen LogP contribution in [0, 0.1) is 11.6 Å². The van der Waals surface area contributed by atoms with E-state index in [1.54, 1.807) is 6.07 Å². The van der Waals surface area contributed by atoms with Crippen LogP contribution in [0.2, 0.25) is 0 Å². The van der Waals surface area contributed by atoms with E-state index < -0.39 is 23.5 Å². The van der Waals surface area contributed by atoms with Gasteiger partial charge in [-0.05, 0) is 47.9 Å². The summed E-state index contributed by atoms with van der Waals surface area (Å²) in [6.45, 7) is 1.28. The molecule has 3 N–H and O–H groups in total. The zero-order valence-corrected chi connectivity index (χ0v) is 13.9. The van der Waals surface area contributed by atoms with Crippen molar-refractivity contribution in [2.45, 2.75) is 25.3 Å². The molecule has 26 heavy (non-hydrogen) atoms. The number of fused-ring (bicyclic) bond motifs is 2. The van der Waals surface area contributed by atoms with Crippen LogP contribution in [0.5, 0.6) is 0 Å². The molecule has 2 amide bonds. The summed E-state index contributed by atoms with van der Waals surface area (Å²) in [6, 6.07) is 7.22. The first-order valence-electron chi connectivity index (χ1n) is 8.44. The van der Waals surface area contributed by atoms with E-state index in [1.165, 1.54) is 24.3 Å². The van der Waals surface area contributed by atoms with Crippen molar-refractivity contribution in [3.8, 4) is 0 Å². The van der Waals surface area contributed by atoms with E-state index >= 15 is 0 Å². The molecule has 2 aromatic carbocycles. The number of carbonyl (C=O) groups is 2. The van der Waals surface area contributed by atoms with Gasteiger partial charge < -0.3 is 16.0 Å². The maximum Gasteiger partial charge on any atom is 0.232 e. The molecule has 4 rings (SSSR count). The number of hydrogen-bond donors (Lipinski definition) is 3. The minimum atomic E-state index is -0.795. The average molecular weight is 357 g/mol. The smallest absolute Gasteiger partial charge is 0.232 e. The molecule has 0 aromatic heterocycles. The van der Waals surface area contributed by atoms with Gasteiger partial charge in [0.05, 0.1) is 11.6 Å². The van der Waals surface area contributed by atoms with Crippen molar-refractivity contribution in [3.63, 3.8) is 0 Å². The van der Waals surface area contributed by atoms with Gasteiger partial charge in [0.25, 0.3) is 0 Å². The predicted octanol–water partition coefficient (Wildman–Crippen LogP) is 2.68. The highest BCUT2D eigenvalue weighted by Gasteiger charge is 2.31. The first kappa shape index (κ1) is 16.7. The molecule has 0 aliphatic carbocycles. The van der Waals surface area contributed by atoms with Gasteiger partial charge in [0.1, 0.15) is 11.6 Å². The predicted molar refractivity (Wildman–Crippen MR) is 92.8 cm³/mol. The molecule has 0 radical (unpaired) electrons. The summed E-state index contributed by atoms with van der Waals surface area (Å²) in [4.78, 5) is 24.6. The topological polar surface area (TPSA) is 70.2 Å². The fourth-order valence-electron chi connectivity index (χ4n) is 3.52. The number of rotatable bonds is 2. The Labute approximate surface area is 148 Å². The monoisotopic (exact) mass is 357 g/mol. The average Bonchev–Trinajstić information content (AvgIpc) is 2.63. The number of anilines is 2. The second kappa shape index (κ2) is 6.49. The second-order valence-electron chi connectivity index (χ2n) is 6.52. The first-order chi connectivity index (χ1) is 12.5. The summed E-state index contributed by atoms with van der Waals surface area (Å²) in [6.07, 6.45) is 0.486. The van der Waals surface area contributed by atoms with Gasteiger partial charge in [0.2, 0.25) is 11.8 Å². The van der Waals surface area contributed by atoms with Gasteiger partial charge in [-0.15, -0.1) is 0 Å². The molecular formula is C19H17F2N3O2. The van der Waals surface area contributed by atoms with Crippen molar-refractivity contribution < 1.29 is 18.4 Å². The highest BCUT2D eigenvalue weighted by molar-refractivity contribution is 6.05. The highest BCUT2D eigenvalue weighted by Crippen LogP contribution is 2.34. The molecule has 1 atom stereocenters. The molecule has 0 bridgehead atoms. The molecule has 2 aliphatic rings. The Kier molecular flexibility index (Phi) is 4.16. The molecule has 2 heterocycles.